The summed E-state index contributed by atoms with van der Waals surface area (Å²) in [6, 6.07) is 17.1. The zero-order chi connectivity index (χ0) is 15.5. The van der Waals surface area contributed by atoms with Gasteiger partial charge < -0.3 is 14.6 Å². The van der Waals surface area contributed by atoms with Crippen LogP contribution in [0.5, 0.6) is 11.5 Å². The van der Waals surface area contributed by atoms with E-state index >= 15 is 0 Å². The van der Waals surface area contributed by atoms with Crippen LogP contribution >= 0.6 is 0 Å². The lowest BCUT2D eigenvalue weighted by molar-refractivity contribution is -0.136. The van der Waals surface area contributed by atoms with E-state index in [1.807, 2.05) is 54.6 Å². The van der Waals surface area contributed by atoms with E-state index in [1.54, 1.807) is 14.2 Å². The molecule has 0 spiro atoms. The summed E-state index contributed by atoms with van der Waals surface area (Å²) in [5.74, 6) is 0.933. The summed E-state index contributed by atoms with van der Waals surface area (Å²) in [5.41, 5.74) is 1.02. The van der Waals surface area contributed by atoms with Crippen molar-refractivity contribution in [2.24, 2.45) is 0 Å². The minimum Gasteiger partial charge on any atom is -0.497 e. The largest absolute Gasteiger partial charge is 0.497 e. The van der Waals surface area contributed by atoms with E-state index in [9.17, 15) is 4.79 Å². The molecule has 2 rings (SSSR count). The molecule has 0 bridgehead atoms. The third-order valence-corrected chi connectivity index (χ3v) is 2.77. The minimum absolute atomic E-state index is 0.173. The smallest absolute Gasteiger partial charge is 0.303 e. The molecular formula is C17H20O4. The van der Waals surface area contributed by atoms with Crippen LogP contribution < -0.4 is 9.47 Å². The van der Waals surface area contributed by atoms with Gasteiger partial charge >= 0.3 is 5.97 Å². The van der Waals surface area contributed by atoms with Gasteiger partial charge in [-0.2, -0.15) is 0 Å². The van der Waals surface area contributed by atoms with E-state index in [0.29, 0.717) is 6.42 Å². The summed E-state index contributed by atoms with van der Waals surface area (Å²) in [6.07, 6.45) is 0.742. The second-order valence-electron chi connectivity index (χ2n) is 4.26. The van der Waals surface area contributed by atoms with E-state index < -0.39 is 5.97 Å². The molecule has 0 saturated carbocycles. The highest BCUT2D eigenvalue weighted by atomic mass is 16.5. The first-order valence-electron chi connectivity index (χ1n) is 6.59. The molecule has 0 amide bonds. The molecule has 0 radical (unpaired) electrons. The molecule has 2 aromatic rings. The number of aryl methyl sites for hydroxylation is 1. The van der Waals surface area contributed by atoms with Gasteiger partial charge in [-0.15, -0.1) is 0 Å². The van der Waals surface area contributed by atoms with E-state index in [4.69, 9.17) is 14.6 Å². The van der Waals surface area contributed by atoms with Crippen LogP contribution in [0, 0.1) is 0 Å². The zero-order valence-electron chi connectivity index (χ0n) is 12.3. The van der Waals surface area contributed by atoms with Gasteiger partial charge in [0.05, 0.1) is 14.2 Å². The Morgan fingerprint density at radius 2 is 1.43 bits per heavy atom. The van der Waals surface area contributed by atoms with Gasteiger partial charge in [-0.05, 0) is 36.2 Å². The predicted molar refractivity (Wildman–Crippen MR) is 81.9 cm³/mol. The van der Waals surface area contributed by atoms with Gasteiger partial charge in [0, 0.05) is 6.42 Å². The van der Waals surface area contributed by atoms with Gasteiger partial charge in [-0.3, -0.25) is 4.79 Å². The monoisotopic (exact) mass is 288 g/mol. The van der Waals surface area contributed by atoms with Crippen LogP contribution in [-0.2, 0) is 11.2 Å². The number of ether oxygens (including phenoxy) is 2. The number of methoxy groups -OCH3 is 2. The minimum atomic E-state index is -0.768. The third-order valence-electron chi connectivity index (χ3n) is 2.77. The Morgan fingerprint density at radius 1 is 0.905 bits per heavy atom. The predicted octanol–water partition coefficient (Wildman–Crippen LogP) is 3.41. The van der Waals surface area contributed by atoms with E-state index in [-0.39, 0.29) is 6.42 Å². The fourth-order valence-corrected chi connectivity index (χ4v) is 1.60. The van der Waals surface area contributed by atoms with Crippen LogP contribution in [0.25, 0.3) is 0 Å². The van der Waals surface area contributed by atoms with Crippen molar-refractivity contribution in [1.82, 2.24) is 0 Å². The van der Waals surface area contributed by atoms with Crippen molar-refractivity contribution in [1.29, 1.82) is 0 Å². The van der Waals surface area contributed by atoms with Gasteiger partial charge in [0.2, 0.25) is 0 Å². The molecular weight excluding hydrogens is 268 g/mol. The molecule has 0 aliphatic rings. The highest BCUT2D eigenvalue weighted by molar-refractivity contribution is 5.67. The first-order valence-corrected chi connectivity index (χ1v) is 6.59. The Hall–Kier alpha value is -2.49. The molecule has 0 aliphatic heterocycles. The number of carboxylic acids is 1. The second-order valence-corrected chi connectivity index (χ2v) is 4.26. The van der Waals surface area contributed by atoms with Crippen LogP contribution in [-0.4, -0.2) is 25.3 Å². The number of carboxylic acid groups (broad SMARTS) is 1. The maximum absolute atomic E-state index is 10.3. The Bertz CT molecular complexity index is 520. The molecule has 0 aliphatic carbocycles. The molecule has 0 saturated heterocycles. The van der Waals surface area contributed by atoms with Crippen molar-refractivity contribution in [2.75, 3.05) is 14.2 Å². The molecule has 0 aromatic heterocycles. The van der Waals surface area contributed by atoms with E-state index in [0.717, 1.165) is 17.1 Å². The van der Waals surface area contributed by atoms with Gasteiger partial charge in [0.15, 0.2) is 0 Å². The summed E-state index contributed by atoms with van der Waals surface area (Å²) >= 11 is 0. The fraction of sp³-hybridized carbons (Fsp3) is 0.235. The summed E-state index contributed by atoms with van der Waals surface area (Å²) in [6.45, 7) is 0. The van der Waals surface area contributed by atoms with Crippen LogP contribution in [0.1, 0.15) is 12.0 Å². The molecule has 0 fully saturated rings. The molecule has 1 N–H and O–H groups in total. The number of benzene rings is 2. The van der Waals surface area contributed by atoms with Crippen molar-refractivity contribution in [2.45, 2.75) is 12.8 Å². The lowest BCUT2D eigenvalue weighted by Crippen LogP contribution is -1.97. The summed E-state index contributed by atoms with van der Waals surface area (Å²) in [5, 5.41) is 8.45. The Labute approximate surface area is 125 Å². The number of rotatable bonds is 5. The highest BCUT2D eigenvalue weighted by Crippen LogP contribution is 2.12. The number of carbonyl (C=O) groups is 1. The zero-order valence-corrected chi connectivity index (χ0v) is 12.3. The second kappa shape index (κ2) is 9.42. The van der Waals surface area contributed by atoms with Crippen molar-refractivity contribution in [3.8, 4) is 11.5 Å². The summed E-state index contributed by atoms with van der Waals surface area (Å²) < 4.78 is 9.89. The van der Waals surface area contributed by atoms with Gasteiger partial charge in [-0.1, -0.05) is 30.3 Å². The van der Waals surface area contributed by atoms with Gasteiger partial charge in [0.25, 0.3) is 0 Å². The Morgan fingerprint density at radius 3 is 1.86 bits per heavy atom. The number of hydrogen-bond acceptors (Lipinski definition) is 3. The average Bonchev–Trinajstić information content (AvgIpc) is 2.54. The SMILES string of the molecule is COc1ccc(CCC(=O)O)cc1.COc1ccccc1. The first kappa shape index (κ1) is 16.6. The van der Waals surface area contributed by atoms with Crippen molar-refractivity contribution < 1.29 is 19.4 Å². The molecule has 21 heavy (non-hydrogen) atoms. The summed E-state index contributed by atoms with van der Waals surface area (Å²) in [7, 11) is 3.27. The standard InChI is InChI=1S/C10H12O3.C7H8O/c1-13-9-5-2-8(3-6-9)4-7-10(11)12;1-8-7-5-3-2-4-6-7/h2-3,5-6H,4,7H2,1H3,(H,11,12);2-6H,1H3. The van der Waals surface area contributed by atoms with Crippen molar-refractivity contribution in [3.63, 3.8) is 0 Å². The summed E-state index contributed by atoms with van der Waals surface area (Å²) in [4.78, 5) is 10.3. The maximum atomic E-state index is 10.3. The molecule has 4 nitrogen and oxygen atoms in total. The first-order chi connectivity index (χ1) is 10.2. The van der Waals surface area contributed by atoms with Crippen LogP contribution in [0.4, 0.5) is 0 Å². The number of hydrogen-bond donors (Lipinski definition) is 1. The highest BCUT2D eigenvalue weighted by Gasteiger charge is 1.98. The normalized spacial score (nSPS) is 9.24. The van der Waals surface area contributed by atoms with Crippen LogP contribution in [0.3, 0.4) is 0 Å². The topological polar surface area (TPSA) is 55.8 Å². The number of aliphatic carboxylic acids is 1. The molecule has 0 atom stereocenters. The molecule has 0 unspecified atom stereocenters. The van der Waals surface area contributed by atoms with Crippen LogP contribution in [0.15, 0.2) is 54.6 Å². The van der Waals surface area contributed by atoms with E-state index in [2.05, 4.69) is 0 Å². The Kier molecular flexibility index (Phi) is 7.43. The Balaban J connectivity index is 0.000000235. The third kappa shape index (κ3) is 7.01. The van der Waals surface area contributed by atoms with Gasteiger partial charge in [-0.25, -0.2) is 0 Å². The lowest BCUT2D eigenvalue weighted by Gasteiger charge is -2.01. The average molecular weight is 288 g/mol. The number of para-hydroxylation sites is 1. The fourth-order valence-electron chi connectivity index (χ4n) is 1.60. The van der Waals surface area contributed by atoms with Gasteiger partial charge in [0.1, 0.15) is 11.5 Å². The van der Waals surface area contributed by atoms with Crippen molar-refractivity contribution in [3.05, 3.63) is 60.2 Å². The van der Waals surface area contributed by atoms with Crippen molar-refractivity contribution >= 4 is 5.97 Å². The lowest BCUT2D eigenvalue weighted by atomic mass is 10.1. The van der Waals surface area contributed by atoms with Crippen LogP contribution in [0.2, 0.25) is 0 Å². The molecule has 112 valence electrons. The quantitative estimate of drug-likeness (QED) is 0.916. The molecule has 2 aromatic carbocycles. The maximum Gasteiger partial charge on any atom is 0.303 e. The van der Waals surface area contributed by atoms with E-state index in [1.165, 1.54) is 0 Å². The molecule has 4 heteroatoms. The molecule has 0 heterocycles.